The van der Waals surface area contributed by atoms with Crippen LogP contribution in [-0.4, -0.2) is 40.8 Å². The topological polar surface area (TPSA) is 125 Å². The number of nitrogens with zero attached hydrogens (tertiary/aromatic N) is 1. The van der Waals surface area contributed by atoms with Crippen LogP contribution in [0.3, 0.4) is 0 Å². The van der Waals surface area contributed by atoms with Crippen molar-refractivity contribution >= 4 is 39.1 Å². The molecule has 4 N–H and O–H groups in total. The molecule has 1 aromatic heterocycles. The summed E-state index contributed by atoms with van der Waals surface area (Å²) in [5.74, 6) is -1.11. The Morgan fingerprint density at radius 1 is 1.14 bits per heavy atom. The highest BCUT2D eigenvalue weighted by Gasteiger charge is 2.43. The average molecular weight is 580 g/mol. The number of carbonyl (C=O) groups excluding carboxylic acids is 2. The molecule has 0 unspecified atom stereocenters. The molecule has 0 aliphatic carbocycles. The van der Waals surface area contributed by atoms with E-state index < -0.39 is 34.7 Å². The summed E-state index contributed by atoms with van der Waals surface area (Å²) < 4.78 is 45.8. The Hall–Kier alpha value is -3.71. The molecule has 13 heteroatoms. The number of ether oxygens (including phenoxy) is 1. The first kappa shape index (κ1) is 26.4. The third-order valence-electron chi connectivity index (χ3n) is 5.71. The van der Waals surface area contributed by atoms with E-state index in [9.17, 15) is 27.6 Å². The number of carbonyl (C=O) groups is 2. The second kappa shape index (κ2) is 10.7. The van der Waals surface area contributed by atoms with Gasteiger partial charge in [0.2, 0.25) is 5.91 Å². The Morgan fingerprint density at radius 2 is 1.89 bits per heavy atom. The number of aromatic amines is 1. The molecule has 1 aliphatic rings. The van der Waals surface area contributed by atoms with E-state index in [1.165, 1.54) is 18.3 Å². The minimum atomic E-state index is -4.53. The Labute approximate surface area is 216 Å². The van der Waals surface area contributed by atoms with Crippen molar-refractivity contribution in [2.45, 2.75) is 24.7 Å². The lowest BCUT2D eigenvalue weighted by Crippen LogP contribution is -2.59. The van der Waals surface area contributed by atoms with Gasteiger partial charge in [0.25, 0.3) is 11.5 Å². The van der Waals surface area contributed by atoms with Gasteiger partial charge < -0.3 is 20.7 Å². The van der Waals surface area contributed by atoms with Crippen molar-refractivity contribution in [3.8, 4) is 0 Å². The minimum absolute atomic E-state index is 0.00497. The number of anilines is 2. The van der Waals surface area contributed by atoms with Crippen molar-refractivity contribution in [2.24, 2.45) is 0 Å². The van der Waals surface area contributed by atoms with E-state index in [2.05, 4.69) is 42.1 Å². The van der Waals surface area contributed by atoms with Crippen molar-refractivity contribution in [3.05, 3.63) is 86.2 Å². The van der Waals surface area contributed by atoms with E-state index in [0.717, 1.165) is 12.1 Å². The molecule has 3 aromatic rings. The molecule has 1 saturated heterocycles. The van der Waals surface area contributed by atoms with Crippen LogP contribution >= 0.6 is 15.9 Å². The van der Waals surface area contributed by atoms with Crippen LogP contribution in [0.1, 0.15) is 27.9 Å². The first-order valence-corrected chi connectivity index (χ1v) is 11.8. The fraction of sp³-hybridized carbons (Fsp3) is 0.250. The van der Waals surface area contributed by atoms with Gasteiger partial charge in [0.05, 0.1) is 29.6 Å². The van der Waals surface area contributed by atoms with Crippen molar-refractivity contribution in [1.82, 2.24) is 20.8 Å². The summed E-state index contributed by atoms with van der Waals surface area (Å²) in [7, 11) is 0. The number of hydrogen-bond acceptors (Lipinski definition) is 6. The van der Waals surface area contributed by atoms with Crippen LogP contribution in [0.25, 0.3) is 0 Å². The number of H-pyrrole nitrogens is 1. The summed E-state index contributed by atoms with van der Waals surface area (Å²) in [5, 5.41) is 13.9. The maximum Gasteiger partial charge on any atom is 0.418 e. The lowest BCUT2D eigenvalue weighted by molar-refractivity contribution is -0.137. The summed E-state index contributed by atoms with van der Waals surface area (Å²) >= 11 is 3.06. The highest BCUT2D eigenvalue weighted by atomic mass is 79.9. The molecule has 194 valence electrons. The van der Waals surface area contributed by atoms with Gasteiger partial charge in [-0.3, -0.25) is 14.4 Å². The van der Waals surface area contributed by atoms with Gasteiger partial charge in [-0.15, -0.1) is 0 Å². The molecule has 2 heterocycles. The number of aromatic nitrogens is 2. The second-order valence-electron chi connectivity index (χ2n) is 8.37. The standard InChI is InChI=1S/C24H21BrF3N5O4/c25-16-3-6-19(18(10-16)24(26,27)28)31-17-4-1-14(2-5-17)11-29-22(36)23(7-8-37-13-23)32-21(35)15-9-20(34)33-30-12-15/h1-6,9-10,12,31H,7-8,11,13H2,(H,29,36)(H,32,35)(H,33,34)/t23-/m0/s1. The minimum Gasteiger partial charge on any atom is -0.378 e. The van der Waals surface area contributed by atoms with Crippen molar-refractivity contribution in [2.75, 3.05) is 18.5 Å². The van der Waals surface area contributed by atoms with Gasteiger partial charge in [0.1, 0.15) is 5.54 Å². The monoisotopic (exact) mass is 579 g/mol. The fourth-order valence-electron chi connectivity index (χ4n) is 3.76. The van der Waals surface area contributed by atoms with Crippen LogP contribution in [-0.2, 0) is 22.3 Å². The van der Waals surface area contributed by atoms with Crippen LogP contribution in [0, 0.1) is 0 Å². The van der Waals surface area contributed by atoms with E-state index >= 15 is 0 Å². The maximum absolute atomic E-state index is 13.4. The molecular weight excluding hydrogens is 559 g/mol. The van der Waals surface area contributed by atoms with Gasteiger partial charge in [-0.05, 0) is 35.9 Å². The predicted octanol–water partition coefficient (Wildman–Crippen LogP) is 3.50. The van der Waals surface area contributed by atoms with Crippen molar-refractivity contribution < 1.29 is 27.5 Å². The first-order valence-electron chi connectivity index (χ1n) is 11.0. The highest BCUT2D eigenvalue weighted by molar-refractivity contribution is 9.10. The van der Waals surface area contributed by atoms with Crippen molar-refractivity contribution in [1.29, 1.82) is 0 Å². The van der Waals surface area contributed by atoms with Crippen LogP contribution in [0.2, 0.25) is 0 Å². The van der Waals surface area contributed by atoms with Gasteiger partial charge in [0, 0.05) is 35.8 Å². The largest absolute Gasteiger partial charge is 0.418 e. The van der Waals surface area contributed by atoms with E-state index in [0.29, 0.717) is 15.7 Å². The molecule has 37 heavy (non-hydrogen) atoms. The van der Waals surface area contributed by atoms with Gasteiger partial charge in [-0.25, -0.2) is 5.10 Å². The predicted molar refractivity (Wildman–Crippen MR) is 131 cm³/mol. The van der Waals surface area contributed by atoms with E-state index in [1.807, 2.05) is 0 Å². The molecule has 1 atom stereocenters. The maximum atomic E-state index is 13.4. The second-order valence-corrected chi connectivity index (χ2v) is 9.28. The Morgan fingerprint density at radius 3 is 2.54 bits per heavy atom. The Bertz CT molecular complexity index is 1360. The van der Waals surface area contributed by atoms with E-state index in [-0.39, 0.29) is 37.4 Å². The zero-order valence-corrected chi connectivity index (χ0v) is 20.7. The number of amides is 2. The molecule has 0 bridgehead atoms. The third-order valence-corrected chi connectivity index (χ3v) is 6.20. The lowest BCUT2D eigenvalue weighted by Gasteiger charge is -2.27. The number of halogens is 4. The van der Waals surface area contributed by atoms with Crippen LogP contribution < -0.4 is 21.5 Å². The average Bonchev–Trinajstić information content (AvgIpc) is 3.33. The quantitative estimate of drug-likeness (QED) is 0.339. The molecule has 0 spiro atoms. The summed E-state index contributed by atoms with van der Waals surface area (Å²) in [4.78, 5) is 37.1. The summed E-state index contributed by atoms with van der Waals surface area (Å²) in [6.45, 7) is 0.325. The summed E-state index contributed by atoms with van der Waals surface area (Å²) in [5.41, 5.74) is -1.65. The Balaban J connectivity index is 1.40. The molecule has 0 saturated carbocycles. The summed E-state index contributed by atoms with van der Waals surface area (Å²) in [6.07, 6.45) is -3.11. The number of alkyl halides is 3. The first-order chi connectivity index (χ1) is 17.6. The van der Waals surface area contributed by atoms with Gasteiger partial charge >= 0.3 is 6.18 Å². The normalized spacial score (nSPS) is 17.3. The zero-order chi connectivity index (χ0) is 26.6. The molecule has 0 radical (unpaired) electrons. The van der Waals surface area contributed by atoms with E-state index in [4.69, 9.17) is 4.74 Å². The highest BCUT2D eigenvalue weighted by Crippen LogP contribution is 2.37. The molecular formula is C24H21BrF3N5O4. The molecule has 2 aromatic carbocycles. The summed E-state index contributed by atoms with van der Waals surface area (Å²) in [6, 6.07) is 11.4. The van der Waals surface area contributed by atoms with Gasteiger partial charge in [-0.2, -0.15) is 18.3 Å². The zero-order valence-electron chi connectivity index (χ0n) is 19.1. The molecule has 1 fully saturated rings. The van der Waals surface area contributed by atoms with Gasteiger partial charge in [-0.1, -0.05) is 28.1 Å². The number of nitrogens with one attached hydrogen (secondary N) is 4. The Kier molecular flexibility index (Phi) is 7.64. The number of rotatable bonds is 7. The third kappa shape index (κ3) is 6.35. The van der Waals surface area contributed by atoms with E-state index in [1.54, 1.807) is 24.3 Å². The molecule has 2 amide bonds. The lowest BCUT2D eigenvalue weighted by atomic mass is 9.96. The number of benzene rings is 2. The number of hydrogen-bond donors (Lipinski definition) is 4. The van der Waals surface area contributed by atoms with Gasteiger partial charge in [0.15, 0.2) is 0 Å². The SMILES string of the molecule is O=C(N[C@@]1(C(=O)NCc2ccc(Nc3ccc(Br)cc3C(F)(F)F)cc2)CCOC1)c1cn[nH]c(=O)c1. The molecule has 1 aliphatic heterocycles. The smallest absolute Gasteiger partial charge is 0.378 e. The van der Waals surface area contributed by atoms with Crippen LogP contribution in [0.4, 0.5) is 24.5 Å². The molecule has 9 nitrogen and oxygen atoms in total. The molecule has 4 rings (SSSR count). The van der Waals surface area contributed by atoms with Crippen molar-refractivity contribution in [3.63, 3.8) is 0 Å². The van der Waals surface area contributed by atoms with Crippen LogP contribution in [0.5, 0.6) is 0 Å². The fourth-order valence-corrected chi connectivity index (χ4v) is 4.12. The van der Waals surface area contributed by atoms with Crippen LogP contribution in [0.15, 0.2) is 64.0 Å².